The molecule has 5 nitrogen and oxygen atoms in total. The lowest BCUT2D eigenvalue weighted by Gasteiger charge is -2.10. The van der Waals surface area contributed by atoms with Gasteiger partial charge < -0.3 is 21.1 Å². The minimum absolute atomic E-state index is 0.163. The highest BCUT2D eigenvalue weighted by Gasteiger charge is 2.05. The molecule has 1 aromatic rings. The molecule has 6 heteroatoms. The van der Waals surface area contributed by atoms with E-state index in [1.807, 2.05) is 6.07 Å². The van der Waals surface area contributed by atoms with Crippen LogP contribution in [0.4, 0.5) is 10.5 Å². The summed E-state index contributed by atoms with van der Waals surface area (Å²) < 4.78 is 5.08. The van der Waals surface area contributed by atoms with Crippen molar-refractivity contribution in [2.45, 2.75) is 0 Å². The maximum atomic E-state index is 11.4. The summed E-state index contributed by atoms with van der Waals surface area (Å²) in [6.45, 7) is 0.163. The summed E-state index contributed by atoms with van der Waals surface area (Å²) in [6.07, 6.45) is 0. The summed E-state index contributed by atoms with van der Waals surface area (Å²) in [5.74, 6) is 0.591. The van der Waals surface area contributed by atoms with Gasteiger partial charge in [-0.3, -0.25) is 0 Å². The Morgan fingerprint density at radius 1 is 1.50 bits per heavy atom. The summed E-state index contributed by atoms with van der Waals surface area (Å²) >= 11 is 4.64. The molecular weight excluding hydrogens is 226 g/mol. The highest BCUT2D eigenvalue weighted by Crippen LogP contribution is 2.22. The van der Waals surface area contributed by atoms with E-state index >= 15 is 0 Å². The average Bonchev–Trinajstić information content (AvgIpc) is 2.27. The molecule has 2 amide bonds. The Labute approximate surface area is 99.0 Å². The molecule has 0 saturated carbocycles. The highest BCUT2D eigenvalue weighted by molar-refractivity contribution is 7.80. The van der Waals surface area contributed by atoms with Gasteiger partial charge in [-0.05, 0) is 12.1 Å². The fraction of sp³-hybridized carbons (Fsp3) is 0.200. The molecule has 0 saturated heterocycles. The molecule has 0 fully saturated rings. The van der Waals surface area contributed by atoms with E-state index in [2.05, 4.69) is 22.9 Å². The highest BCUT2D eigenvalue weighted by atomic mass is 32.1. The van der Waals surface area contributed by atoms with Crippen LogP contribution in [0.2, 0.25) is 0 Å². The molecule has 0 aromatic heterocycles. The Bertz CT molecular complexity index is 395. The zero-order chi connectivity index (χ0) is 12.0. The lowest BCUT2D eigenvalue weighted by atomic mass is 10.3. The number of hydrogen-bond acceptors (Lipinski definition) is 3. The minimum Gasteiger partial charge on any atom is -0.495 e. The maximum Gasteiger partial charge on any atom is 0.319 e. The number of nitrogens with two attached hydrogens (primary N) is 1. The number of nitrogens with one attached hydrogen (secondary N) is 2. The number of thiocarbonyl (C=S) groups is 1. The van der Waals surface area contributed by atoms with E-state index < -0.39 is 0 Å². The van der Waals surface area contributed by atoms with E-state index in [9.17, 15) is 4.79 Å². The standard InChI is InChI=1S/C10H13N3O2S/c1-15-8-5-3-2-4-7(8)13-10(14)12-6-9(11)16/h2-5H,6H2,1H3,(H2,11,16)(H2,12,13,14). The summed E-state index contributed by atoms with van der Waals surface area (Å²) in [5, 5.41) is 5.14. The normalized spacial score (nSPS) is 9.31. The van der Waals surface area contributed by atoms with Crippen molar-refractivity contribution in [3.05, 3.63) is 24.3 Å². The fourth-order valence-electron chi connectivity index (χ4n) is 1.08. The number of rotatable bonds is 4. The Hall–Kier alpha value is -1.82. The number of benzene rings is 1. The molecule has 0 unspecified atom stereocenters. The first-order valence-electron chi connectivity index (χ1n) is 4.59. The molecule has 0 atom stereocenters. The molecule has 0 aliphatic carbocycles. The first-order valence-corrected chi connectivity index (χ1v) is 5.00. The van der Waals surface area contributed by atoms with Gasteiger partial charge in [-0.2, -0.15) is 0 Å². The molecule has 1 aromatic carbocycles. The Morgan fingerprint density at radius 2 is 2.19 bits per heavy atom. The third-order valence-electron chi connectivity index (χ3n) is 1.78. The topological polar surface area (TPSA) is 76.4 Å². The van der Waals surface area contributed by atoms with Crippen LogP contribution in [-0.2, 0) is 0 Å². The number of anilines is 1. The van der Waals surface area contributed by atoms with Crippen LogP contribution in [0.15, 0.2) is 24.3 Å². The van der Waals surface area contributed by atoms with E-state index in [0.29, 0.717) is 11.4 Å². The first kappa shape index (κ1) is 12.3. The van der Waals surface area contributed by atoms with Crippen LogP contribution < -0.4 is 21.1 Å². The van der Waals surface area contributed by atoms with Crippen molar-refractivity contribution in [2.24, 2.45) is 5.73 Å². The van der Waals surface area contributed by atoms with Gasteiger partial charge in [0.25, 0.3) is 0 Å². The quantitative estimate of drug-likeness (QED) is 0.688. The van der Waals surface area contributed by atoms with Crippen LogP contribution >= 0.6 is 12.2 Å². The van der Waals surface area contributed by atoms with Crippen molar-refractivity contribution in [2.75, 3.05) is 19.0 Å². The number of hydrogen-bond donors (Lipinski definition) is 3. The molecular formula is C10H13N3O2S. The van der Waals surface area contributed by atoms with Crippen LogP contribution in [0.3, 0.4) is 0 Å². The first-order chi connectivity index (χ1) is 7.63. The molecule has 0 aliphatic rings. The Balaban J connectivity index is 2.58. The zero-order valence-corrected chi connectivity index (χ0v) is 9.64. The molecule has 0 spiro atoms. The minimum atomic E-state index is -0.377. The van der Waals surface area contributed by atoms with Crippen LogP contribution in [-0.4, -0.2) is 24.7 Å². The number of amides is 2. The average molecular weight is 239 g/mol. The smallest absolute Gasteiger partial charge is 0.319 e. The zero-order valence-electron chi connectivity index (χ0n) is 8.82. The largest absolute Gasteiger partial charge is 0.495 e. The van der Waals surface area contributed by atoms with E-state index in [4.69, 9.17) is 10.5 Å². The molecule has 16 heavy (non-hydrogen) atoms. The number of carbonyl (C=O) groups excluding carboxylic acids is 1. The van der Waals surface area contributed by atoms with Gasteiger partial charge in [-0.1, -0.05) is 24.4 Å². The SMILES string of the molecule is COc1ccccc1NC(=O)NCC(N)=S. The van der Waals surface area contributed by atoms with Crippen LogP contribution in [0.1, 0.15) is 0 Å². The number of ether oxygens (including phenoxy) is 1. The van der Waals surface area contributed by atoms with Crippen molar-refractivity contribution >= 4 is 28.9 Å². The van der Waals surface area contributed by atoms with Gasteiger partial charge in [0.2, 0.25) is 0 Å². The van der Waals surface area contributed by atoms with Gasteiger partial charge in [0.05, 0.1) is 24.3 Å². The van der Waals surface area contributed by atoms with Gasteiger partial charge in [-0.15, -0.1) is 0 Å². The predicted octanol–water partition coefficient (Wildman–Crippen LogP) is 1.10. The van der Waals surface area contributed by atoms with Crippen LogP contribution in [0, 0.1) is 0 Å². The van der Waals surface area contributed by atoms with Crippen molar-refractivity contribution in [3.63, 3.8) is 0 Å². The maximum absolute atomic E-state index is 11.4. The van der Waals surface area contributed by atoms with Crippen molar-refractivity contribution in [1.29, 1.82) is 0 Å². The molecule has 0 aliphatic heterocycles. The van der Waals surface area contributed by atoms with Gasteiger partial charge in [0.1, 0.15) is 5.75 Å². The van der Waals surface area contributed by atoms with Gasteiger partial charge in [0.15, 0.2) is 0 Å². The van der Waals surface area contributed by atoms with Gasteiger partial charge in [-0.25, -0.2) is 4.79 Å². The van der Waals surface area contributed by atoms with E-state index in [1.54, 1.807) is 18.2 Å². The van der Waals surface area contributed by atoms with Gasteiger partial charge in [0, 0.05) is 0 Å². The number of urea groups is 1. The predicted molar refractivity (Wildman–Crippen MR) is 66.8 cm³/mol. The summed E-state index contributed by atoms with van der Waals surface area (Å²) in [7, 11) is 1.54. The van der Waals surface area contributed by atoms with Crippen LogP contribution in [0.5, 0.6) is 5.75 Å². The van der Waals surface area contributed by atoms with E-state index in [0.717, 1.165) is 0 Å². The van der Waals surface area contributed by atoms with E-state index in [1.165, 1.54) is 7.11 Å². The molecule has 0 heterocycles. The molecule has 0 bridgehead atoms. The van der Waals surface area contributed by atoms with Crippen LogP contribution in [0.25, 0.3) is 0 Å². The second-order valence-corrected chi connectivity index (χ2v) is 3.50. The van der Waals surface area contributed by atoms with Crippen molar-refractivity contribution in [1.82, 2.24) is 5.32 Å². The summed E-state index contributed by atoms with van der Waals surface area (Å²) in [4.78, 5) is 11.6. The van der Waals surface area contributed by atoms with Crippen molar-refractivity contribution < 1.29 is 9.53 Å². The number of methoxy groups -OCH3 is 1. The van der Waals surface area contributed by atoms with Gasteiger partial charge >= 0.3 is 6.03 Å². The monoisotopic (exact) mass is 239 g/mol. The second kappa shape index (κ2) is 5.92. The summed E-state index contributed by atoms with van der Waals surface area (Å²) in [6, 6.07) is 6.72. The Morgan fingerprint density at radius 3 is 2.81 bits per heavy atom. The summed E-state index contributed by atoms with van der Waals surface area (Å²) in [5.41, 5.74) is 5.84. The van der Waals surface area contributed by atoms with E-state index in [-0.39, 0.29) is 17.6 Å². The molecule has 1 rings (SSSR count). The third kappa shape index (κ3) is 3.74. The fourth-order valence-corrected chi connectivity index (χ4v) is 1.15. The number of para-hydroxylation sites is 2. The lowest BCUT2D eigenvalue weighted by Crippen LogP contribution is -2.35. The lowest BCUT2D eigenvalue weighted by molar-refractivity contribution is 0.253. The molecule has 4 N–H and O–H groups in total. The number of carbonyl (C=O) groups is 1. The molecule has 0 radical (unpaired) electrons. The third-order valence-corrected chi connectivity index (χ3v) is 1.92. The van der Waals surface area contributed by atoms with Crippen molar-refractivity contribution in [3.8, 4) is 5.75 Å². The Kier molecular flexibility index (Phi) is 4.53. The second-order valence-electron chi connectivity index (χ2n) is 2.97. The molecule has 86 valence electrons.